The van der Waals surface area contributed by atoms with Gasteiger partial charge in [-0.25, -0.2) is 0 Å². The van der Waals surface area contributed by atoms with Crippen LogP contribution in [0.2, 0.25) is 0 Å². The highest BCUT2D eigenvalue weighted by atomic mass is 16.6. The molecular formula is C13H22O2. The summed E-state index contributed by atoms with van der Waals surface area (Å²) in [6, 6.07) is 0. The van der Waals surface area contributed by atoms with Crippen LogP contribution in [0.15, 0.2) is 0 Å². The largest absolute Gasteiger partial charge is 0.369 e. The van der Waals surface area contributed by atoms with Crippen LogP contribution in [0.5, 0.6) is 0 Å². The van der Waals surface area contributed by atoms with Crippen molar-refractivity contribution in [1.29, 1.82) is 0 Å². The van der Waals surface area contributed by atoms with Crippen molar-refractivity contribution in [3.05, 3.63) is 0 Å². The number of ether oxygens (including phenoxy) is 2. The Balaban J connectivity index is 1.94. The van der Waals surface area contributed by atoms with E-state index in [0.29, 0.717) is 29.6 Å². The first-order valence-corrected chi connectivity index (χ1v) is 6.27. The van der Waals surface area contributed by atoms with Crippen LogP contribution in [0.4, 0.5) is 0 Å². The molecule has 3 rings (SSSR count). The van der Waals surface area contributed by atoms with E-state index in [0.717, 1.165) is 0 Å². The van der Waals surface area contributed by atoms with Crippen molar-refractivity contribution in [2.45, 2.75) is 70.9 Å². The van der Waals surface area contributed by atoms with E-state index in [2.05, 4.69) is 27.7 Å². The quantitative estimate of drug-likeness (QED) is 0.573. The normalized spacial score (nSPS) is 56.8. The topological polar surface area (TPSA) is 21.8 Å². The van der Waals surface area contributed by atoms with Gasteiger partial charge >= 0.3 is 0 Å². The molecular weight excluding hydrogens is 188 g/mol. The first kappa shape index (κ1) is 10.1. The predicted molar refractivity (Wildman–Crippen MR) is 58.7 cm³/mol. The summed E-state index contributed by atoms with van der Waals surface area (Å²) in [5.74, 6) is 0.671. The summed E-state index contributed by atoms with van der Waals surface area (Å²) in [4.78, 5) is 0. The molecule has 0 radical (unpaired) electrons. The first-order valence-electron chi connectivity index (χ1n) is 6.27. The van der Waals surface area contributed by atoms with Gasteiger partial charge in [-0.05, 0) is 44.4 Å². The molecule has 0 aromatic rings. The van der Waals surface area contributed by atoms with Crippen LogP contribution in [-0.2, 0) is 9.47 Å². The van der Waals surface area contributed by atoms with Crippen molar-refractivity contribution < 1.29 is 9.47 Å². The Kier molecular flexibility index (Phi) is 1.87. The molecule has 2 saturated heterocycles. The summed E-state index contributed by atoms with van der Waals surface area (Å²) in [7, 11) is 0. The molecule has 1 aliphatic carbocycles. The molecule has 3 fully saturated rings. The Hall–Kier alpha value is -0.0800. The second kappa shape index (κ2) is 2.78. The average Bonchev–Trinajstić information content (AvgIpc) is 2.81. The van der Waals surface area contributed by atoms with Crippen molar-refractivity contribution in [2.75, 3.05) is 0 Å². The average molecular weight is 210 g/mol. The Bertz CT molecular complexity index is 286. The standard InChI is InChI=1S/C13H22O2/c1-8-5-6-10-12(2,3)7-9-11(14-9)13(10,4)15-8/h8-11H,5-7H2,1-4H3/t8-,9+,10+,11+,13+/m0/s1. The van der Waals surface area contributed by atoms with Crippen molar-refractivity contribution in [1.82, 2.24) is 0 Å². The van der Waals surface area contributed by atoms with Gasteiger partial charge < -0.3 is 9.47 Å². The van der Waals surface area contributed by atoms with Gasteiger partial charge in [0, 0.05) is 0 Å². The molecule has 0 spiro atoms. The van der Waals surface area contributed by atoms with Crippen LogP contribution in [0.25, 0.3) is 0 Å². The molecule has 15 heavy (non-hydrogen) atoms. The molecule has 2 heterocycles. The van der Waals surface area contributed by atoms with E-state index in [1.54, 1.807) is 0 Å². The van der Waals surface area contributed by atoms with Gasteiger partial charge in [0.1, 0.15) is 6.10 Å². The molecule has 86 valence electrons. The highest BCUT2D eigenvalue weighted by Crippen LogP contribution is 2.59. The van der Waals surface area contributed by atoms with Crippen molar-refractivity contribution in [3.63, 3.8) is 0 Å². The third-order valence-electron chi connectivity index (χ3n) is 4.83. The first-order chi connectivity index (χ1) is 6.93. The van der Waals surface area contributed by atoms with Crippen molar-refractivity contribution >= 4 is 0 Å². The molecule has 0 aromatic heterocycles. The van der Waals surface area contributed by atoms with Gasteiger partial charge in [-0.2, -0.15) is 0 Å². The number of hydrogen-bond donors (Lipinski definition) is 0. The van der Waals surface area contributed by atoms with Crippen molar-refractivity contribution in [3.8, 4) is 0 Å². The molecule has 0 unspecified atom stereocenters. The van der Waals surface area contributed by atoms with Crippen molar-refractivity contribution in [2.24, 2.45) is 11.3 Å². The fourth-order valence-corrected chi connectivity index (χ4v) is 4.16. The number of rotatable bonds is 0. The van der Waals surface area contributed by atoms with E-state index < -0.39 is 0 Å². The fraction of sp³-hybridized carbons (Fsp3) is 1.00. The third-order valence-corrected chi connectivity index (χ3v) is 4.83. The van der Waals surface area contributed by atoms with Crippen LogP contribution in [0.3, 0.4) is 0 Å². The lowest BCUT2D eigenvalue weighted by atomic mass is 9.59. The van der Waals surface area contributed by atoms with E-state index in [4.69, 9.17) is 9.47 Å². The summed E-state index contributed by atoms with van der Waals surface area (Å²) in [6.45, 7) is 9.24. The fourth-order valence-electron chi connectivity index (χ4n) is 4.16. The third kappa shape index (κ3) is 1.31. The van der Waals surface area contributed by atoms with Gasteiger partial charge in [0.2, 0.25) is 0 Å². The summed E-state index contributed by atoms with van der Waals surface area (Å²) in [6.07, 6.45) is 5.00. The van der Waals surface area contributed by atoms with Crippen LogP contribution >= 0.6 is 0 Å². The summed E-state index contributed by atoms with van der Waals surface area (Å²) in [5, 5.41) is 0. The smallest absolute Gasteiger partial charge is 0.113 e. The summed E-state index contributed by atoms with van der Waals surface area (Å²) in [5.41, 5.74) is 0.372. The summed E-state index contributed by atoms with van der Waals surface area (Å²) >= 11 is 0. The zero-order valence-electron chi connectivity index (χ0n) is 10.2. The van der Waals surface area contributed by atoms with Crippen LogP contribution in [-0.4, -0.2) is 23.9 Å². The molecule has 2 nitrogen and oxygen atoms in total. The predicted octanol–water partition coefficient (Wildman–Crippen LogP) is 2.76. The Labute approximate surface area is 92.3 Å². The maximum absolute atomic E-state index is 6.24. The Morgan fingerprint density at radius 1 is 1.13 bits per heavy atom. The molecule has 0 bridgehead atoms. The van der Waals surface area contributed by atoms with Gasteiger partial charge in [0.15, 0.2) is 0 Å². The zero-order chi connectivity index (χ0) is 10.8. The number of hydrogen-bond acceptors (Lipinski definition) is 2. The monoisotopic (exact) mass is 210 g/mol. The van der Waals surface area contributed by atoms with Crippen LogP contribution in [0.1, 0.15) is 47.0 Å². The molecule has 0 N–H and O–H groups in total. The van der Waals surface area contributed by atoms with E-state index in [9.17, 15) is 0 Å². The second-order valence-electron chi connectivity index (χ2n) is 6.53. The summed E-state index contributed by atoms with van der Waals surface area (Å²) < 4.78 is 12.1. The minimum absolute atomic E-state index is 0.00984. The lowest BCUT2D eigenvalue weighted by Crippen LogP contribution is -2.57. The number of fused-ring (bicyclic) bond motifs is 3. The maximum atomic E-state index is 6.24. The minimum atomic E-state index is -0.00984. The Morgan fingerprint density at radius 2 is 1.87 bits per heavy atom. The lowest BCUT2D eigenvalue weighted by Gasteiger charge is -2.52. The van der Waals surface area contributed by atoms with Gasteiger partial charge in [0.25, 0.3) is 0 Å². The molecule has 0 aromatic carbocycles. The van der Waals surface area contributed by atoms with E-state index in [1.807, 2.05) is 0 Å². The van der Waals surface area contributed by atoms with E-state index in [1.165, 1.54) is 19.3 Å². The lowest BCUT2D eigenvalue weighted by molar-refractivity contribution is -0.189. The molecule has 2 aliphatic heterocycles. The number of epoxide rings is 1. The molecule has 3 aliphatic rings. The van der Waals surface area contributed by atoms with E-state index >= 15 is 0 Å². The highest BCUT2D eigenvalue weighted by molar-refractivity contribution is 5.14. The van der Waals surface area contributed by atoms with E-state index in [-0.39, 0.29) is 5.60 Å². The molecule has 0 amide bonds. The zero-order valence-corrected chi connectivity index (χ0v) is 10.2. The molecule has 1 saturated carbocycles. The van der Waals surface area contributed by atoms with Crippen LogP contribution in [0, 0.1) is 11.3 Å². The van der Waals surface area contributed by atoms with Gasteiger partial charge in [-0.3, -0.25) is 0 Å². The van der Waals surface area contributed by atoms with Gasteiger partial charge in [-0.15, -0.1) is 0 Å². The highest BCUT2D eigenvalue weighted by Gasteiger charge is 2.66. The molecule has 5 atom stereocenters. The SMILES string of the molecule is C[C@H]1CC[C@@H]2C(C)(C)C[C@H]3O[C@H]3[C@]2(C)O1. The Morgan fingerprint density at radius 3 is 2.60 bits per heavy atom. The minimum Gasteiger partial charge on any atom is -0.369 e. The van der Waals surface area contributed by atoms with Gasteiger partial charge in [0.05, 0.1) is 17.8 Å². The molecule has 2 heteroatoms. The second-order valence-corrected chi connectivity index (χ2v) is 6.53. The van der Waals surface area contributed by atoms with Crippen LogP contribution < -0.4 is 0 Å². The maximum Gasteiger partial charge on any atom is 0.113 e. The van der Waals surface area contributed by atoms with Gasteiger partial charge in [-0.1, -0.05) is 13.8 Å².